The fourth-order valence-corrected chi connectivity index (χ4v) is 3.86. The number of rotatable bonds is 6. The van der Waals surface area contributed by atoms with Crippen molar-refractivity contribution in [3.05, 3.63) is 102 Å². The van der Waals surface area contributed by atoms with E-state index in [9.17, 15) is 0 Å². The number of nitrogens with zero attached hydrogens (tertiary/aromatic N) is 3. The fourth-order valence-electron chi connectivity index (χ4n) is 2.98. The van der Waals surface area contributed by atoms with Crippen LogP contribution >= 0.6 is 11.8 Å². The number of thioether (sulfide) groups is 1. The smallest absolute Gasteiger partial charge is 0.191 e. The molecule has 0 bridgehead atoms. The first-order chi connectivity index (χ1) is 13.3. The van der Waals surface area contributed by atoms with E-state index < -0.39 is 0 Å². The Balaban J connectivity index is 1.40. The minimum atomic E-state index is 0.802. The highest BCUT2D eigenvalue weighted by molar-refractivity contribution is 7.98. The summed E-state index contributed by atoms with van der Waals surface area (Å²) >= 11 is 1.72. The molecule has 4 rings (SSSR count). The van der Waals surface area contributed by atoms with E-state index in [0.29, 0.717) is 0 Å². The average Bonchev–Trinajstić information content (AvgIpc) is 3.08. The summed E-state index contributed by atoms with van der Waals surface area (Å²) in [6, 6.07) is 29.6. The Morgan fingerprint density at radius 1 is 0.704 bits per heavy atom. The summed E-state index contributed by atoms with van der Waals surface area (Å²) in [6.07, 6.45) is 0.802. The standard InChI is InChI=1S/C23H21N3S/c1-26-22(16-18-8-4-2-5-9-18)24-25-23(26)27-17-19-12-14-21(15-13-19)20-10-6-3-7-11-20/h2-15H,16-17H2,1H3. The second kappa shape index (κ2) is 8.23. The van der Waals surface area contributed by atoms with Crippen molar-refractivity contribution in [1.82, 2.24) is 14.8 Å². The van der Waals surface area contributed by atoms with Crippen molar-refractivity contribution in [3.63, 3.8) is 0 Å². The van der Waals surface area contributed by atoms with Gasteiger partial charge in [-0.25, -0.2) is 0 Å². The van der Waals surface area contributed by atoms with Gasteiger partial charge in [-0.3, -0.25) is 0 Å². The van der Waals surface area contributed by atoms with E-state index in [4.69, 9.17) is 0 Å². The van der Waals surface area contributed by atoms with Gasteiger partial charge in [0.05, 0.1) is 0 Å². The minimum absolute atomic E-state index is 0.802. The Bertz CT molecular complexity index is 993. The van der Waals surface area contributed by atoms with Crippen LogP contribution in [0, 0.1) is 0 Å². The molecule has 0 N–H and O–H groups in total. The quantitative estimate of drug-likeness (QED) is 0.427. The number of hydrogen-bond acceptors (Lipinski definition) is 3. The van der Waals surface area contributed by atoms with Crippen LogP contribution in [0.15, 0.2) is 90.1 Å². The summed E-state index contributed by atoms with van der Waals surface area (Å²) in [5.74, 6) is 1.87. The Labute approximate surface area is 164 Å². The van der Waals surface area contributed by atoms with Crippen molar-refractivity contribution in [2.75, 3.05) is 0 Å². The number of hydrogen-bond donors (Lipinski definition) is 0. The maximum absolute atomic E-state index is 4.37. The summed E-state index contributed by atoms with van der Waals surface area (Å²) in [7, 11) is 2.04. The summed E-state index contributed by atoms with van der Waals surface area (Å²) in [5.41, 5.74) is 5.03. The summed E-state index contributed by atoms with van der Waals surface area (Å²) in [6.45, 7) is 0. The lowest BCUT2D eigenvalue weighted by Gasteiger charge is -2.06. The second-order valence-corrected chi connectivity index (χ2v) is 7.41. The largest absolute Gasteiger partial charge is 0.309 e. The molecule has 4 heteroatoms. The predicted molar refractivity (Wildman–Crippen MR) is 112 cm³/mol. The lowest BCUT2D eigenvalue weighted by molar-refractivity contribution is 0.749. The van der Waals surface area contributed by atoms with Gasteiger partial charge in [0.1, 0.15) is 5.82 Å². The van der Waals surface area contributed by atoms with Gasteiger partial charge in [0.2, 0.25) is 0 Å². The third-order valence-electron chi connectivity index (χ3n) is 4.56. The van der Waals surface area contributed by atoms with Gasteiger partial charge in [0.25, 0.3) is 0 Å². The highest BCUT2D eigenvalue weighted by Gasteiger charge is 2.10. The van der Waals surface area contributed by atoms with Crippen LogP contribution in [0.1, 0.15) is 17.0 Å². The van der Waals surface area contributed by atoms with Gasteiger partial charge in [0, 0.05) is 19.2 Å². The Kier molecular flexibility index (Phi) is 5.35. The van der Waals surface area contributed by atoms with E-state index in [0.717, 1.165) is 23.2 Å². The molecule has 0 radical (unpaired) electrons. The van der Waals surface area contributed by atoms with Gasteiger partial charge < -0.3 is 4.57 Å². The second-order valence-electron chi connectivity index (χ2n) is 6.47. The van der Waals surface area contributed by atoms with Crippen LogP contribution in [0.25, 0.3) is 11.1 Å². The summed E-state index contributed by atoms with van der Waals surface area (Å²) in [5, 5.41) is 9.69. The van der Waals surface area contributed by atoms with Gasteiger partial charge >= 0.3 is 0 Å². The Hall–Kier alpha value is -2.85. The van der Waals surface area contributed by atoms with E-state index in [1.54, 1.807) is 11.8 Å². The monoisotopic (exact) mass is 371 g/mol. The molecule has 1 heterocycles. The first-order valence-electron chi connectivity index (χ1n) is 8.99. The normalized spacial score (nSPS) is 10.9. The molecule has 0 aliphatic heterocycles. The molecule has 134 valence electrons. The predicted octanol–water partition coefficient (Wildman–Crippen LogP) is 5.37. The molecule has 1 aromatic heterocycles. The average molecular weight is 372 g/mol. The van der Waals surface area contributed by atoms with E-state index in [-0.39, 0.29) is 0 Å². The molecular weight excluding hydrogens is 350 g/mol. The van der Waals surface area contributed by atoms with E-state index in [2.05, 4.69) is 87.6 Å². The zero-order valence-electron chi connectivity index (χ0n) is 15.2. The Morgan fingerprint density at radius 2 is 1.33 bits per heavy atom. The van der Waals surface area contributed by atoms with Gasteiger partial charge in [-0.2, -0.15) is 0 Å². The summed E-state index contributed by atoms with van der Waals surface area (Å²) in [4.78, 5) is 0. The molecule has 0 saturated carbocycles. The third-order valence-corrected chi connectivity index (χ3v) is 5.65. The first-order valence-corrected chi connectivity index (χ1v) is 9.97. The molecule has 0 fully saturated rings. The maximum atomic E-state index is 4.37. The zero-order valence-corrected chi connectivity index (χ0v) is 16.1. The van der Waals surface area contributed by atoms with Crippen molar-refractivity contribution >= 4 is 11.8 Å². The first kappa shape index (κ1) is 17.6. The van der Waals surface area contributed by atoms with Gasteiger partial charge in [-0.1, -0.05) is 96.7 Å². The van der Waals surface area contributed by atoms with Crippen LogP contribution in [0.4, 0.5) is 0 Å². The molecule has 0 amide bonds. The topological polar surface area (TPSA) is 30.7 Å². The molecule has 0 atom stereocenters. The maximum Gasteiger partial charge on any atom is 0.191 e. The summed E-state index contributed by atoms with van der Waals surface area (Å²) < 4.78 is 2.09. The van der Waals surface area contributed by atoms with Crippen molar-refractivity contribution in [2.24, 2.45) is 7.05 Å². The van der Waals surface area contributed by atoms with E-state index in [1.165, 1.54) is 22.3 Å². The lowest BCUT2D eigenvalue weighted by atomic mass is 10.0. The molecule has 0 spiro atoms. The van der Waals surface area contributed by atoms with Crippen molar-refractivity contribution in [2.45, 2.75) is 17.3 Å². The molecule has 0 aliphatic carbocycles. The van der Waals surface area contributed by atoms with Gasteiger partial charge in [-0.15, -0.1) is 10.2 Å². The molecule has 27 heavy (non-hydrogen) atoms. The highest BCUT2D eigenvalue weighted by atomic mass is 32.2. The zero-order chi connectivity index (χ0) is 18.5. The van der Waals surface area contributed by atoms with Crippen molar-refractivity contribution in [3.8, 4) is 11.1 Å². The number of benzene rings is 3. The molecule has 4 aromatic rings. The molecule has 0 unspecified atom stereocenters. The highest BCUT2D eigenvalue weighted by Crippen LogP contribution is 2.24. The fraction of sp³-hybridized carbons (Fsp3) is 0.130. The van der Waals surface area contributed by atoms with Crippen LogP contribution in [0.5, 0.6) is 0 Å². The van der Waals surface area contributed by atoms with Crippen LogP contribution < -0.4 is 0 Å². The van der Waals surface area contributed by atoms with Crippen molar-refractivity contribution < 1.29 is 0 Å². The molecule has 0 aliphatic rings. The van der Waals surface area contributed by atoms with Crippen LogP contribution in [-0.4, -0.2) is 14.8 Å². The van der Waals surface area contributed by atoms with Crippen LogP contribution in [-0.2, 0) is 19.2 Å². The minimum Gasteiger partial charge on any atom is -0.309 e. The van der Waals surface area contributed by atoms with Crippen LogP contribution in [0.3, 0.4) is 0 Å². The SMILES string of the molecule is Cn1c(Cc2ccccc2)nnc1SCc1ccc(-c2ccccc2)cc1. The van der Waals surface area contributed by atoms with E-state index >= 15 is 0 Å². The number of aromatic nitrogens is 3. The molecular formula is C23H21N3S. The van der Waals surface area contributed by atoms with Gasteiger partial charge in [0.15, 0.2) is 5.16 Å². The van der Waals surface area contributed by atoms with Crippen molar-refractivity contribution in [1.29, 1.82) is 0 Å². The molecule has 3 aromatic carbocycles. The van der Waals surface area contributed by atoms with Crippen LogP contribution in [0.2, 0.25) is 0 Å². The van der Waals surface area contributed by atoms with Gasteiger partial charge in [-0.05, 0) is 22.3 Å². The lowest BCUT2D eigenvalue weighted by Crippen LogP contribution is -2.00. The molecule has 0 saturated heterocycles. The Morgan fingerprint density at radius 3 is 2.04 bits per heavy atom. The van der Waals surface area contributed by atoms with E-state index in [1.807, 2.05) is 19.2 Å². The third kappa shape index (κ3) is 4.29. The molecule has 3 nitrogen and oxygen atoms in total.